The van der Waals surface area contributed by atoms with Crippen molar-refractivity contribution in [1.29, 1.82) is 0 Å². The molecule has 0 spiro atoms. The van der Waals surface area contributed by atoms with Crippen LogP contribution in [-0.2, 0) is 0 Å². The van der Waals surface area contributed by atoms with Crippen molar-refractivity contribution < 1.29 is 32.3 Å². The number of aliphatic hydroxyl groups is 1. The summed E-state index contributed by atoms with van der Waals surface area (Å²) in [7, 11) is 1.96. The summed E-state index contributed by atoms with van der Waals surface area (Å²) in [6.07, 6.45) is -0.148. The lowest BCUT2D eigenvalue weighted by atomic mass is 10.1. The Balaban J connectivity index is 0.00000264. The Morgan fingerprint density at radius 3 is 2.30 bits per heavy atom. The van der Waals surface area contributed by atoms with Gasteiger partial charge in [0, 0.05) is 5.56 Å². The number of rotatable bonds is 7. The van der Waals surface area contributed by atoms with Gasteiger partial charge in [0.2, 0.25) is 0 Å². The van der Waals surface area contributed by atoms with E-state index in [0.717, 1.165) is 16.0 Å². The van der Waals surface area contributed by atoms with Crippen molar-refractivity contribution >= 4 is 5.78 Å². The SMILES string of the molecule is C[NH+](CCC(=O)c1ccccc1)CC(O)c1ccc(O)cc1.[Cl-]. The van der Waals surface area contributed by atoms with Gasteiger partial charge in [-0.25, -0.2) is 0 Å². The zero-order valence-corrected chi connectivity index (χ0v) is 13.8. The summed E-state index contributed by atoms with van der Waals surface area (Å²) in [6, 6.07) is 15.8. The number of benzene rings is 2. The van der Waals surface area contributed by atoms with Crippen molar-refractivity contribution in [3.63, 3.8) is 0 Å². The third-order valence-corrected chi connectivity index (χ3v) is 3.69. The molecule has 124 valence electrons. The van der Waals surface area contributed by atoms with E-state index in [-0.39, 0.29) is 23.9 Å². The molecule has 0 aliphatic carbocycles. The molecule has 2 aromatic rings. The van der Waals surface area contributed by atoms with E-state index < -0.39 is 6.10 Å². The van der Waals surface area contributed by atoms with Crippen LogP contribution in [0.2, 0.25) is 0 Å². The number of halogens is 1. The Bertz CT molecular complexity index is 601. The first-order valence-corrected chi connectivity index (χ1v) is 7.43. The van der Waals surface area contributed by atoms with Gasteiger partial charge < -0.3 is 27.5 Å². The van der Waals surface area contributed by atoms with Crippen molar-refractivity contribution in [1.82, 2.24) is 0 Å². The highest BCUT2D eigenvalue weighted by Crippen LogP contribution is 2.15. The molecule has 23 heavy (non-hydrogen) atoms. The summed E-state index contributed by atoms with van der Waals surface area (Å²) in [5, 5.41) is 19.4. The van der Waals surface area contributed by atoms with Crippen LogP contribution in [0.1, 0.15) is 28.4 Å². The second-order valence-corrected chi connectivity index (χ2v) is 5.56. The molecule has 0 radical (unpaired) electrons. The zero-order chi connectivity index (χ0) is 15.9. The summed E-state index contributed by atoms with van der Waals surface area (Å²) in [5.74, 6) is 0.309. The fourth-order valence-corrected chi connectivity index (χ4v) is 2.34. The third kappa shape index (κ3) is 6.02. The average molecular weight is 336 g/mol. The minimum atomic E-state index is -0.604. The molecule has 0 bridgehead atoms. The number of phenolic OH excluding ortho intramolecular Hbond substituents is 1. The van der Waals surface area contributed by atoms with Crippen LogP contribution >= 0.6 is 0 Å². The molecular weight excluding hydrogens is 314 g/mol. The molecule has 0 amide bonds. The number of hydrogen-bond acceptors (Lipinski definition) is 3. The van der Waals surface area contributed by atoms with E-state index in [1.807, 2.05) is 37.4 Å². The smallest absolute Gasteiger partial charge is 0.168 e. The van der Waals surface area contributed by atoms with E-state index in [2.05, 4.69) is 0 Å². The third-order valence-electron chi connectivity index (χ3n) is 3.69. The van der Waals surface area contributed by atoms with Crippen molar-refractivity contribution in [3.05, 3.63) is 65.7 Å². The second kappa shape index (κ2) is 9.30. The van der Waals surface area contributed by atoms with E-state index in [4.69, 9.17) is 0 Å². The molecule has 2 aromatic carbocycles. The lowest BCUT2D eigenvalue weighted by Crippen LogP contribution is -3.09. The minimum Gasteiger partial charge on any atom is -1.00 e. The minimum absolute atomic E-state index is 0. The van der Waals surface area contributed by atoms with Crippen LogP contribution in [0, 0.1) is 0 Å². The Morgan fingerprint density at radius 2 is 1.70 bits per heavy atom. The molecule has 0 fully saturated rings. The molecule has 0 heterocycles. The number of quaternary nitrogens is 1. The van der Waals surface area contributed by atoms with Crippen LogP contribution in [0.25, 0.3) is 0 Å². The standard InChI is InChI=1S/C18H21NO3.ClH/c1-19(12-11-17(21)14-5-3-2-4-6-14)13-18(22)15-7-9-16(20)10-8-15;/h2-10,18,20,22H,11-13H2,1H3;1H. The predicted molar refractivity (Wildman–Crippen MR) is 85.1 cm³/mol. The van der Waals surface area contributed by atoms with Gasteiger partial charge >= 0.3 is 0 Å². The van der Waals surface area contributed by atoms with E-state index in [0.29, 0.717) is 19.5 Å². The topological polar surface area (TPSA) is 62.0 Å². The largest absolute Gasteiger partial charge is 1.00 e. The first-order valence-electron chi connectivity index (χ1n) is 7.43. The van der Waals surface area contributed by atoms with Gasteiger partial charge in [-0.3, -0.25) is 4.79 Å². The number of carbonyl (C=O) groups is 1. The van der Waals surface area contributed by atoms with Gasteiger partial charge in [0.1, 0.15) is 18.4 Å². The van der Waals surface area contributed by atoms with Gasteiger partial charge in [-0.15, -0.1) is 0 Å². The van der Waals surface area contributed by atoms with E-state index >= 15 is 0 Å². The quantitative estimate of drug-likeness (QED) is 0.524. The Labute approximate surface area is 142 Å². The molecule has 3 N–H and O–H groups in total. The first kappa shape index (κ1) is 19.2. The highest BCUT2D eigenvalue weighted by molar-refractivity contribution is 5.95. The Hall–Kier alpha value is -1.88. The van der Waals surface area contributed by atoms with Crippen molar-refractivity contribution in [2.75, 3.05) is 20.1 Å². The summed E-state index contributed by atoms with van der Waals surface area (Å²) < 4.78 is 0. The number of ketones is 1. The number of aromatic hydroxyl groups is 1. The number of likely N-dealkylation sites (N-methyl/N-ethyl adjacent to an activating group) is 1. The van der Waals surface area contributed by atoms with Gasteiger partial charge in [0.15, 0.2) is 5.78 Å². The number of carbonyl (C=O) groups excluding carboxylic acids is 1. The van der Waals surface area contributed by atoms with Gasteiger partial charge in [0.25, 0.3) is 0 Å². The molecule has 2 atom stereocenters. The number of Topliss-reactive ketones (excluding diaryl/α,β-unsaturated/α-hetero) is 1. The van der Waals surface area contributed by atoms with Gasteiger partial charge in [0.05, 0.1) is 20.0 Å². The molecule has 4 nitrogen and oxygen atoms in total. The molecular formula is C18H22ClNO3. The van der Waals surface area contributed by atoms with Gasteiger partial charge in [-0.2, -0.15) is 0 Å². The van der Waals surface area contributed by atoms with Crippen LogP contribution in [0.3, 0.4) is 0 Å². The molecule has 0 saturated carbocycles. The lowest BCUT2D eigenvalue weighted by molar-refractivity contribution is -0.883. The zero-order valence-electron chi connectivity index (χ0n) is 13.1. The maximum atomic E-state index is 12.0. The monoisotopic (exact) mass is 335 g/mol. The summed E-state index contributed by atoms with van der Waals surface area (Å²) in [4.78, 5) is 13.1. The second-order valence-electron chi connectivity index (χ2n) is 5.56. The molecule has 5 heteroatoms. The summed E-state index contributed by atoms with van der Waals surface area (Å²) in [5.41, 5.74) is 1.50. The first-order chi connectivity index (χ1) is 10.6. The van der Waals surface area contributed by atoms with Crippen LogP contribution < -0.4 is 17.3 Å². The molecule has 0 aromatic heterocycles. The molecule has 0 saturated heterocycles. The molecule has 2 unspecified atom stereocenters. The lowest BCUT2D eigenvalue weighted by Gasteiger charge is -2.18. The number of nitrogens with one attached hydrogen (secondary N) is 1. The molecule has 2 rings (SSSR count). The summed E-state index contributed by atoms with van der Waals surface area (Å²) in [6.45, 7) is 1.19. The van der Waals surface area contributed by atoms with Gasteiger partial charge in [-0.05, 0) is 17.7 Å². The van der Waals surface area contributed by atoms with Crippen LogP contribution in [0.15, 0.2) is 54.6 Å². The number of phenols is 1. The predicted octanol–water partition coefficient (Wildman–Crippen LogP) is -1.78. The Morgan fingerprint density at radius 1 is 1.09 bits per heavy atom. The molecule has 0 aliphatic rings. The van der Waals surface area contributed by atoms with E-state index in [1.165, 1.54) is 0 Å². The average Bonchev–Trinajstić information content (AvgIpc) is 2.54. The number of hydrogen-bond donors (Lipinski definition) is 3. The van der Waals surface area contributed by atoms with E-state index in [9.17, 15) is 15.0 Å². The highest BCUT2D eigenvalue weighted by atomic mass is 35.5. The highest BCUT2D eigenvalue weighted by Gasteiger charge is 2.15. The normalized spacial score (nSPS) is 13.0. The van der Waals surface area contributed by atoms with Crippen LogP contribution in [-0.4, -0.2) is 36.1 Å². The maximum absolute atomic E-state index is 12.0. The summed E-state index contributed by atoms with van der Waals surface area (Å²) >= 11 is 0. The van der Waals surface area contributed by atoms with Crippen LogP contribution in [0.4, 0.5) is 0 Å². The fourth-order valence-electron chi connectivity index (χ4n) is 2.34. The van der Waals surface area contributed by atoms with Crippen molar-refractivity contribution in [2.24, 2.45) is 0 Å². The fraction of sp³-hybridized carbons (Fsp3) is 0.278. The van der Waals surface area contributed by atoms with Crippen molar-refractivity contribution in [2.45, 2.75) is 12.5 Å². The van der Waals surface area contributed by atoms with Gasteiger partial charge in [-0.1, -0.05) is 42.5 Å². The van der Waals surface area contributed by atoms with Crippen molar-refractivity contribution in [3.8, 4) is 5.75 Å². The number of aliphatic hydroxyl groups excluding tert-OH is 1. The van der Waals surface area contributed by atoms with Crippen LogP contribution in [0.5, 0.6) is 5.75 Å². The maximum Gasteiger partial charge on any atom is 0.168 e. The van der Waals surface area contributed by atoms with E-state index in [1.54, 1.807) is 24.3 Å². The Kier molecular flexibility index (Phi) is 7.75. The molecule has 0 aliphatic heterocycles.